The Labute approximate surface area is 148 Å². The molecule has 0 aliphatic rings. The average Bonchev–Trinajstić information content (AvgIpc) is 2.65. The van der Waals surface area contributed by atoms with E-state index in [1.54, 1.807) is 43.5 Å². The first-order chi connectivity index (χ1) is 12.6. The van der Waals surface area contributed by atoms with Gasteiger partial charge in [0, 0.05) is 11.6 Å². The molecule has 0 aliphatic heterocycles. The van der Waals surface area contributed by atoms with Gasteiger partial charge in [-0.1, -0.05) is 12.1 Å². The molecule has 1 heterocycles. The zero-order chi connectivity index (χ0) is 18.5. The number of aromatic nitrogens is 2. The number of nitrogens with zero attached hydrogens (tertiary/aromatic N) is 2. The third-order valence-electron chi connectivity index (χ3n) is 3.69. The van der Waals surface area contributed by atoms with E-state index in [1.165, 1.54) is 24.3 Å². The standard InChI is InChI=1S/C19H16FN3O3/c1-26-14-8-6-13(7-9-14)16-10-11-19(25)23(22-16)12-18(24)21-17-5-3-2-4-15(17)20/h2-11H,12H2,1H3,(H,21,24). The Balaban J connectivity index is 1.80. The first-order valence-electron chi connectivity index (χ1n) is 7.84. The Kier molecular flexibility index (Phi) is 5.07. The van der Waals surface area contributed by atoms with Gasteiger partial charge in [-0.3, -0.25) is 9.59 Å². The zero-order valence-corrected chi connectivity index (χ0v) is 14.0. The lowest BCUT2D eigenvalue weighted by molar-refractivity contribution is -0.117. The van der Waals surface area contributed by atoms with Crippen LogP contribution in [0.2, 0.25) is 0 Å². The number of halogens is 1. The average molecular weight is 353 g/mol. The summed E-state index contributed by atoms with van der Waals surface area (Å²) in [5.41, 5.74) is 0.933. The molecule has 0 spiro atoms. The molecule has 0 aliphatic carbocycles. The summed E-state index contributed by atoms with van der Waals surface area (Å²) in [5.74, 6) is -0.393. The van der Waals surface area contributed by atoms with Crippen LogP contribution in [-0.2, 0) is 11.3 Å². The van der Waals surface area contributed by atoms with Crippen molar-refractivity contribution in [2.45, 2.75) is 6.54 Å². The van der Waals surface area contributed by atoms with Crippen LogP contribution in [0.25, 0.3) is 11.3 Å². The maximum Gasteiger partial charge on any atom is 0.267 e. The van der Waals surface area contributed by atoms with Gasteiger partial charge in [-0.05, 0) is 42.5 Å². The molecule has 26 heavy (non-hydrogen) atoms. The first-order valence-corrected chi connectivity index (χ1v) is 7.84. The minimum absolute atomic E-state index is 0.0526. The van der Waals surface area contributed by atoms with E-state index in [4.69, 9.17) is 4.74 Å². The highest BCUT2D eigenvalue weighted by Gasteiger charge is 2.10. The Morgan fingerprint density at radius 2 is 1.85 bits per heavy atom. The second-order valence-corrected chi connectivity index (χ2v) is 5.47. The molecule has 132 valence electrons. The van der Waals surface area contributed by atoms with E-state index in [1.807, 2.05) is 0 Å². The number of benzene rings is 2. The lowest BCUT2D eigenvalue weighted by Gasteiger charge is -2.09. The second kappa shape index (κ2) is 7.60. The van der Waals surface area contributed by atoms with Gasteiger partial charge in [0.25, 0.3) is 5.56 Å². The van der Waals surface area contributed by atoms with Crippen molar-refractivity contribution in [3.63, 3.8) is 0 Å². The molecule has 1 amide bonds. The van der Waals surface area contributed by atoms with Crippen LogP contribution >= 0.6 is 0 Å². The SMILES string of the molecule is COc1ccc(-c2ccc(=O)n(CC(=O)Nc3ccccc3F)n2)cc1. The summed E-state index contributed by atoms with van der Waals surface area (Å²) in [7, 11) is 1.57. The molecule has 7 heteroatoms. The molecule has 0 atom stereocenters. The third kappa shape index (κ3) is 3.94. The van der Waals surface area contributed by atoms with Crippen LogP contribution < -0.4 is 15.6 Å². The molecule has 0 radical (unpaired) electrons. The number of amides is 1. The quantitative estimate of drug-likeness (QED) is 0.765. The summed E-state index contributed by atoms with van der Waals surface area (Å²) in [4.78, 5) is 24.1. The largest absolute Gasteiger partial charge is 0.497 e. The smallest absolute Gasteiger partial charge is 0.267 e. The summed E-state index contributed by atoms with van der Waals surface area (Å²) in [5, 5.41) is 6.64. The molecule has 0 saturated carbocycles. The number of rotatable bonds is 5. The van der Waals surface area contributed by atoms with Crippen LogP contribution in [0.5, 0.6) is 5.75 Å². The van der Waals surface area contributed by atoms with Gasteiger partial charge in [-0.15, -0.1) is 0 Å². The molecule has 6 nitrogen and oxygen atoms in total. The normalized spacial score (nSPS) is 10.4. The minimum atomic E-state index is -0.548. The van der Waals surface area contributed by atoms with E-state index >= 15 is 0 Å². The molecular formula is C19H16FN3O3. The number of carbonyl (C=O) groups is 1. The van der Waals surface area contributed by atoms with Gasteiger partial charge in [0.15, 0.2) is 0 Å². The van der Waals surface area contributed by atoms with Gasteiger partial charge in [0.05, 0.1) is 18.5 Å². The molecule has 2 aromatic carbocycles. The lowest BCUT2D eigenvalue weighted by Crippen LogP contribution is -2.29. The Morgan fingerprint density at radius 3 is 2.54 bits per heavy atom. The summed E-state index contributed by atoms with van der Waals surface area (Å²) in [6.45, 7) is -0.322. The topological polar surface area (TPSA) is 73.2 Å². The van der Waals surface area contributed by atoms with Crippen molar-refractivity contribution in [1.82, 2.24) is 9.78 Å². The van der Waals surface area contributed by atoms with Crippen molar-refractivity contribution in [1.29, 1.82) is 0 Å². The fraction of sp³-hybridized carbons (Fsp3) is 0.105. The van der Waals surface area contributed by atoms with Crippen LogP contribution in [0.15, 0.2) is 65.5 Å². The Hall–Kier alpha value is -3.48. The van der Waals surface area contributed by atoms with Crippen LogP contribution in [0, 0.1) is 5.82 Å². The van der Waals surface area contributed by atoms with E-state index < -0.39 is 17.3 Å². The van der Waals surface area contributed by atoms with Crippen molar-refractivity contribution in [2.75, 3.05) is 12.4 Å². The number of anilines is 1. The number of ether oxygens (including phenoxy) is 1. The molecule has 0 saturated heterocycles. The number of nitrogens with one attached hydrogen (secondary N) is 1. The number of para-hydroxylation sites is 1. The monoisotopic (exact) mass is 353 g/mol. The van der Waals surface area contributed by atoms with Crippen molar-refractivity contribution < 1.29 is 13.9 Å². The van der Waals surface area contributed by atoms with E-state index in [0.29, 0.717) is 11.4 Å². The predicted octanol–water partition coefficient (Wildman–Crippen LogP) is 2.70. The maximum absolute atomic E-state index is 13.6. The van der Waals surface area contributed by atoms with Gasteiger partial charge in [-0.2, -0.15) is 5.10 Å². The molecular weight excluding hydrogens is 337 g/mol. The zero-order valence-electron chi connectivity index (χ0n) is 14.0. The molecule has 0 bridgehead atoms. The van der Waals surface area contributed by atoms with E-state index in [2.05, 4.69) is 10.4 Å². The van der Waals surface area contributed by atoms with Gasteiger partial charge < -0.3 is 10.1 Å². The molecule has 0 fully saturated rings. The van der Waals surface area contributed by atoms with Crippen LogP contribution in [0.4, 0.5) is 10.1 Å². The number of carbonyl (C=O) groups excluding carboxylic acids is 1. The highest BCUT2D eigenvalue weighted by molar-refractivity contribution is 5.90. The highest BCUT2D eigenvalue weighted by Crippen LogP contribution is 2.19. The molecule has 0 unspecified atom stereocenters. The molecule has 3 rings (SSSR count). The van der Waals surface area contributed by atoms with Crippen molar-refractivity contribution >= 4 is 11.6 Å². The van der Waals surface area contributed by atoms with Gasteiger partial charge in [0.2, 0.25) is 5.91 Å². The molecule has 3 aromatic rings. The van der Waals surface area contributed by atoms with Crippen LogP contribution in [-0.4, -0.2) is 22.8 Å². The Morgan fingerprint density at radius 1 is 1.12 bits per heavy atom. The van der Waals surface area contributed by atoms with Crippen molar-refractivity contribution in [3.05, 3.63) is 76.8 Å². The van der Waals surface area contributed by atoms with Crippen molar-refractivity contribution in [3.8, 4) is 17.0 Å². The second-order valence-electron chi connectivity index (χ2n) is 5.47. The van der Waals surface area contributed by atoms with E-state index in [-0.39, 0.29) is 12.2 Å². The van der Waals surface area contributed by atoms with Crippen LogP contribution in [0.1, 0.15) is 0 Å². The van der Waals surface area contributed by atoms with Gasteiger partial charge in [-0.25, -0.2) is 9.07 Å². The fourth-order valence-electron chi connectivity index (χ4n) is 2.37. The summed E-state index contributed by atoms with van der Waals surface area (Å²) < 4.78 is 19.8. The number of hydrogen-bond donors (Lipinski definition) is 1. The highest BCUT2D eigenvalue weighted by atomic mass is 19.1. The third-order valence-corrected chi connectivity index (χ3v) is 3.69. The summed E-state index contributed by atoms with van der Waals surface area (Å²) in [6, 6.07) is 15.9. The first kappa shape index (κ1) is 17.3. The van der Waals surface area contributed by atoms with Gasteiger partial charge in [0.1, 0.15) is 18.1 Å². The number of methoxy groups -OCH3 is 1. The van der Waals surface area contributed by atoms with E-state index in [0.717, 1.165) is 10.2 Å². The predicted molar refractivity (Wildman–Crippen MR) is 95.5 cm³/mol. The summed E-state index contributed by atoms with van der Waals surface area (Å²) >= 11 is 0. The Bertz CT molecular complexity index is 984. The lowest BCUT2D eigenvalue weighted by atomic mass is 10.1. The minimum Gasteiger partial charge on any atom is -0.497 e. The van der Waals surface area contributed by atoms with Crippen LogP contribution in [0.3, 0.4) is 0 Å². The number of hydrogen-bond acceptors (Lipinski definition) is 4. The molecule has 1 aromatic heterocycles. The molecule has 1 N–H and O–H groups in total. The maximum atomic E-state index is 13.6. The van der Waals surface area contributed by atoms with E-state index in [9.17, 15) is 14.0 Å². The van der Waals surface area contributed by atoms with Gasteiger partial charge >= 0.3 is 0 Å². The summed E-state index contributed by atoms with van der Waals surface area (Å²) in [6.07, 6.45) is 0. The van der Waals surface area contributed by atoms with Crippen molar-refractivity contribution in [2.24, 2.45) is 0 Å². The fourth-order valence-corrected chi connectivity index (χ4v) is 2.37.